The number of halogens is 1. The molecular formula is C21H30FN3O4S. The van der Waals surface area contributed by atoms with Crippen molar-refractivity contribution in [2.45, 2.75) is 58.0 Å². The van der Waals surface area contributed by atoms with Gasteiger partial charge in [-0.1, -0.05) is 12.8 Å². The van der Waals surface area contributed by atoms with Crippen LogP contribution in [0.1, 0.15) is 46.5 Å². The first-order valence-corrected chi connectivity index (χ1v) is 11.5. The second kappa shape index (κ2) is 10.7. The lowest BCUT2D eigenvalue weighted by molar-refractivity contribution is -0.136. The van der Waals surface area contributed by atoms with Crippen molar-refractivity contribution >= 4 is 34.2 Å². The summed E-state index contributed by atoms with van der Waals surface area (Å²) in [6, 6.07) is 5.16. The topological polar surface area (TPSA) is 95.6 Å². The predicted octanol–water partition coefficient (Wildman–Crippen LogP) is 2.20. The van der Waals surface area contributed by atoms with Crippen molar-refractivity contribution in [3.05, 3.63) is 30.1 Å². The summed E-state index contributed by atoms with van der Waals surface area (Å²) < 4.78 is 25.3. The number of carbonyl (C=O) groups excluding carboxylic acids is 3. The van der Waals surface area contributed by atoms with E-state index in [1.807, 2.05) is 20.8 Å². The highest BCUT2D eigenvalue weighted by molar-refractivity contribution is 7.86. The summed E-state index contributed by atoms with van der Waals surface area (Å²) in [7, 11) is -1.72. The number of hydrogen-bond donors (Lipinski definition) is 2. The zero-order valence-corrected chi connectivity index (χ0v) is 18.5. The van der Waals surface area contributed by atoms with Gasteiger partial charge in [0.15, 0.2) is 0 Å². The molecule has 1 atom stereocenters. The molecule has 0 aliphatic heterocycles. The number of nitrogens with zero attached hydrogens (tertiary/aromatic N) is 1. The Morgan fingerprint density at radius 2 is 1.67 bits per heavy atom. The van der Waals surface area contributed by atoms with Gasteiger partial charge >= 0.3 is 0 Å². The average molecular weight is 440 g/mol. The van der Waals surface area contributed by atoms with E-state index in [-0.39, 0.29) is 35.9 Å². The van der Waals surface area contributed by atoms with Gasteiger partial charge in [0, 0.05) is 28.1 Å². The molecule has 0 bridgehead atoms. The molecule has 3 amide bonds. The lowest BCUT2D eigenvalue weighted by atomic mass is 10.1. The van der Waals surface area contributed by atoms with Crippen LogP contribution in [0, 0.1) is 5.82 Å². The summed E-state index contributed by atoms with van der Waals surface area (Å²) in [5.74, 6) is -2.27. The van der Waals surface area contributed by atoms with Gasteiger partial charge in [0.05, 0.1) is 6.54 Å². The summed E-state index contributed by atoms with van der Waals surface area (Å²) in [6.45, 7) is 5.50. The number of carbonyl (C=O) groups is 3. The van der Waals surface area contributed by atoms with Crippen LogP contribution in [0.3, 0.4) is 0 Å². The van der Waals surface area contributed by atoms with Gasteiger partial charge in [-0.15, -0.1) is 0 Å². The monoisotopic (exact) mass is 439 g/mol. The van der Waals surface area contributed by atoms with Crippen LogP contribution in [0.15, 0.2) is 24.3 Å². The van der Waals surface area contributed by atoms with Gasteiger partial charge < -0.3 is 15.5 Å². The quantitative estimate of drug-likeness (QED) is 0.649. The van der Waals surface area contributed by atoms with Crippen LogP contribution in [-0.4, -0.2) is 56.5 Å². The first-order chi connectivity index (χ1) is 14.0. The fraction of sp³-hybridized carbons (Fsp3) is 0.571. The SMILES string of the molecule is CC(C)(C)NC(=O)CN(C(=O)CS(=O)CC(=O)Nc1ccc(F)cc1)C1CCCC1. The molecule has 1 unspecified atom stereocenters. The minimum absolute atomic E-state index is 0.0479. The molecule has 0 radical (unpaired) electrons. The molecule has 1 fully saturated rings. The van der Waals surface area contributed by atoms with Crippen molar-refractivity contribution in [3.63, 3.8) is 0 Å². The van der Waals surface area contributed by atoms with Gasteiger partial charge in [0.25, 0.3) is 0 Å². The Bertz CT molecular complexity index is 786. The summed E-state index contributed by atoms with van der Waals surface area (Å²) in [6.07, 6.45) is 3.59. The largest absolute Gasteiger partial charge is 0.350 e. The van der Waals surface area contributed by atoms with Crippen molar-refractivity contribution < 1.29 is 23.0 Å². The molecule has 1 saturated carbocycles. The molecule has 166 valence electrons. The third-order valence-electron chi connectivity index (χ3n) is 4.62. The van der Waals surface area contributed by atoms with E-state index < -0.39 is 28.1 Å². The molecule has 0 saturated heterocycles. The van der Waals surface area contributed by atoms with Crippen LogP contribution in [0.25, 0.3) is 0 Å². The highest BCUT2D eigenvalue weighted by atomic mass is 32.2. The van der Waals surface area contributed by atoms with E-state index in [0.717, 1.165) is 25.7 Å². The maximum atomic E-state index is 12.9. The van der Waals surface area contributed by atoms with Crippen molar-refractivity contribution in [3.8, 4) is 0 Å². The van der Waals surface area contributed by atoms with Gasteiger partial charge in [-0.3, -0.25) is 18.6 Å². The van der Waals surface area contributed by atoms with E-state index >= 15 is 0 Å². The average Bonchev–Trinajstić information content (AvgIpc) is 3.14. The highest BCUT2D eigenvalue weighted by Crippen LogP contribution is 2.23. The third kappa shape index (κ3) is 8.22. The minimum atomic E-state index is -1.72. The summed E-state index contributed by atoms with van der Waals surface area (Å²) >= 11 is 0. The van der Waals surface area contributed by atoms with E-state index in [2.05, 4.69) is 10.6 Å². The van der Waals surface area contributed by atoms with Gasteiger partial charge in [0.2, 0.25) is 17.7 Å². The van der Waals surface area contributed by atoms with E-state index in [1.165, 1.54) is 29.2 Å². The molecule has 30 heavy (non-hydrogen) atoms. The molecule has 7 nitrogen and oxygen atoms in total. The van der Waals surface area contributed by atoms with E-state index in [0.29, 0.717) is 5.69 Å². The van der Waals surface area contributed by atoms with Gasteiger partial charge in [-0.25, -0.2) is 4.39 Å². The van der Waals surface area contributed by atoms with Crippen LogP contribution >= 0.6 is 0 Å². The van der Waals surface area contributed by atoms with E-state index in [9.17, 15) is 23.0 Å². The Kier molecular flexibility index (Phi) is 8.52. The summed E-state index contributed by atoms with van der Waals surface area (Å²) in [4.78, 5) is 38.7. The Balaban J connectivity index is 1.92. The number of benzene rings is 1. The third-order valence-corrected chi connectivity index (χ3v) is 5.77. The molecule has 2 rings (SSSR count). The fourth-order valence-corrected chi connectivity index (χ4v) is 4.31. The van der Waals surface area contributed by atoms with Crippen molar-refractivity contribution in [1.29, 1.82) is 0 Å². The molecular weight excluding hydrogens is 409 g/mol. The highest BCUT2D eigenvalue weighted by Gasteiger charge is 2.30. The van der Waals surface area contributed by atoms with Crippen LogP contribution in [-0.2, 0) is 25.2 Å². The smallest absolute Gasteiger partial charge is 0.240 e. The molecule has 1 aromatic carbocycles. The first kappa shape index (κ1) is 24.0. The van der Waals surface area contributed by atoms with Crippen LogP contribution in [0.5, 0.6) is 0 Å². The Hall–Kier alpha value is -2.29. The lowest BCUT2D eigenvalue weighted by Gasteiger charge is -2.30. The number of hydrogen-bond acceptors (Lipinski definition) is 4. The number of rotatable bonds is 8. The minimum Gasteiger partial charge on any atom is -0.350 e. The molecule has 1 aliphatic carbocycles. The van der Waals surface area contributed by atoms with Crippen molar-refractivity contribution in [2.24, 2.45) is 0 Å². The number of nitrogens with one attached hydrogen (secondary N) is 2. The van der Waals surface area contributed by atoms with Crippen molar-refractivity contribution in [2.75, 3.05) is 23.4 Å². The lowest BCUT2D eigenvalue weighted by Crippen LogP contribution is -2.50. The van der Waals surface area contributed by atoms with Gasteiger partial charge in [0.1, 0.15) is 17.3 Å². The second-order valence-electron chi connectivity index (χ2n) is 8.54. The maximum Gasteiger partial charge on any atom is 0.240 e. The molecule has 0 aromatic heterocycles. The molecule has 1 aliphatic rings. The first-order valence-electron chi connectivity index (χ1n) is 10.0. The fourth-order valence-electron chi connectivity index (χ4n) is 3.40. The normalized spacial score (nSPS) is 15.5. The van der Waals surface area contributed by atoms with E-state index in [4.69, 9.17) is 0 Å². The number of anilines is 1. The van der Waals surface area contributed by atoms with Crippen LogP contribution < -0.4 is 10.6 Å². The zero-order valence-electron chi connectivity index (χ0n) is 17.7. The standard InChI is InChI=1S/C21H30FN3O4S/c1-21(2,3)24-18(26)12-25(17-6-4-5-7-17)20(28)14-30(29)13-19(27)23-16-10-8-15(22)9-11-16/h8-11,17H,4-7,12-14H2,1-3H3,(H,23,27)(H,24,26). The summed E-state index contributed by atoms with van der Waals surface area (Å²) in [5.41, 5.74) is -0.0286. The van der Waals surface area contributed by atoms with Gasteiger partial charge in [-0.05, 0) is 57.9 Å². The Labute approximate surface area is 179 Å². The predicted molar refractivity (Wildman–Crippen MR) is 115 cm³/mol. The van der Waals surface area contributed by atoms with E-state index in [1.54, 1.807) is 0 Å². The summed E-state index contributed by atoms with van der Waals surface area (Å²) in [5, 5.41) is 5.37. The molecule has 0 spiro atoms. The Morgan fingerprint density at radius 1 is 1.07 bits per heavy atom. The Morgan fingerprint density at radius 3 is 2.23 bits per heavy atom. The van der Waals surface area contributed by atoms with Crippen molar-refractivity contribution in [1.82, 2.24) is 10.2 Å². The molecule has 2 N–H and O–H groups in total. The molecule has 0 heterocycles. The molecule has 9 heteroatoms. The van der Waals surface area contributed by atoms with Crippen LogP contribution in [0.4, 0.5) is 10.1 Å². The second-order valence-corrected chi connectivity index (χ2v) is 10.00. The van der Waals surface area contributed by atoms with Gasteiger partial charge in [-0.2, -0.15) is 0 Å². The molecule has 1 aromatic rings. The zero-order chi connectivity index (χ0) is 22.3. The van der Waals surface area contributed by atoms with Crippen LogP contribution in [0.2, 0.25) is 0 Å². The maximum absolute atomic E-state index is 12.9. The number of amides is 3.